The first kappa shape index (κ1) is 20.0. The van der Waals surface area contributed by atoms with E-state index >= 15 is 0 Å². The van der Waals surface area contributed by atoms with Gasteiger partial charge in [0.15, 0.2) is 0 Å². The summed E-state index contributed by atoms with van der Waals surface area (Å²) in [7, 11) is 3.89. The zero-order chi connectivity index (χ0) is 20.1. The molecule has 1 fully saturated rings. The van der Waals surface area contributed by atoms with Crippen LogP contribution in [0.3, 0.4) is 0 Å². The number of nitrogens with one attached hydrogen (secondary N) is 2. The van der Waals surface area contributed by atoms with Crippen LogP contribution in [0.5, 0.6) is 0 Å². The summed E-state index contributed by atoms with van der Waals surface area (Å²) in [6.45, 7) is 0.587. The summed E-state index contributed by atoms with van der Waals surface area (Å²) < 4.78 is 0. The number of carbonyl (C=O) groups is 1. The zero-order valence-electron chi connectivity index (χ0n) is 15.9. The number of hydrogen-bond donors (Lipinski definition) is 2. The maximum Gasteiger partial charge on any atom is 0.324 e. The van der Waals surface area contributed by atoms with Crippen molar-refractivity contribution in [3.05, 3.63) is 39.4 Å². The van der Waals surface area contributed by atoms with Gasteiger partial charge in [0.25, 0.3) is 5.91 Å². The molecule has 10 heteroatoms. The molecule has 0 saturated heterocycles. The Kier molecular flexibility index (Phi) is 6.40. The van der Waals surface area contributed by atoms with Crippen molar-refractivity contribution in [2.24, 2.45) is 5.92 Å². The summed E-state index contributed by atoms with van der Waals surface area (Å²) in [6.07, 6.45) is 5.72. The van der Waals surface area contributed by atoms with Gasteiger partial charge < -0.3 is 15.5 Å². The number of nitro groups is 1. The Morgan fingerprint density at radius 1 is 1.29 bits per heavy atom. The fraction of sp³-hybridized carbons (Fsp3) is 0.500. The largest absolute Gasteiger partial charge is 0.363 e. The van der Waals surface area contributed by atoms with E-state index in [9.17, 15) is 14.9 Å². The summed E-state index contributed by atoms with van der Waals surface area (Å²) in [5.74, 6) is 1.67. The SMILES string of the molecule is CN(C)c1ccnc(N[C@H]2CC[C@@H](CNC(=O)c3ccc([N+](=O)[O-])s3)CC2)n1. The number of amides is 1. The molecule has 1 aliphatic rings. The molecule has 28 heavy (non-hydrogen) atoms. The topological polar surface area (TPSA) is 113 Å². The van der Waals surface area contributed by atoms with Crippen LogP contribution in [0.1, 0.15) is 35.4 Å². The van der Waals surface area contributed by atoms with E-state index < -0.39 is 4.92 Å². The fourth-order valence-corrected chi connectivity index (χ4v) is 3.97. The summed E-state index contributed by atoms with van der Waals surface area (Å²) in [6, 6.07) is 5.06. The van der Waals surface area contributed by atoms with Crippen LogP contribution in [-0.2, 0) is 0 Å². The Hall–Kier alpha value is -2.75. The maximum absolute atomic E-state index is 12.2. The normalized spacial score (nSPS) is 19.1. The van der Waals surface area contributed by atoms with Crippen LogP contribution in [0.25, 0.3) is 0 Å². The molecule has 2 aromatic heterocycles. The van der Waals surface area contributed by atoms with Gasteiger partial charge in [0.1, 0.15) is 5.82 Å². The first-order chi connectivity index (χ1) is 13.4. The van der Waals surface area contributed by atoms with Gasteiger partial charge in [-0.15, -0.1) is 0 Å². The molecule has 0 radical (unpaired) electrons. The van der Waals surface area contributed by atoms with Crippen LogP contribution >= 0.6 is 11.3 Å². The molecular formula is C18H24N6O3S. The van der Waals surface area contributed by atoms with Crippen molar-refractivity contribution < 1.29 is 9.72 Å². The smallest absolute Gasteiger partial charge is 0.324 e. The predicted molar refractivity (Wildman–Crippen MR) is 109 cm³/mol. The van der Waals surface area contributed by atoms with Crippen molar-refractivity contribution in [1.29, 1.82) is 0 Å². The van der Waals surface area contributed by atoms with E-state index in [1.807, 2.05) is 25.1 Å². The van der Waals surface area contributed by atoms with Crippen LogP contribution in [-0.4, -0.2) is 47.5 Å². The summed E-state index contributed by atoms with van der Waals surface area (Å²) in [4.78, 5) is 33.5. The third-order valence-electron chi connectivity index (χ3n) is 4.83. The van der Waals surface area contributed by atoms with Gasteiger partial charge >= 0.3 is 5.00 Å². The average Bonchev–Trinajstić information content (AvgIpc) is 3.18. The molecule has 0 unspecified atom stereocenters. The molecule has 0 bridgehead atoms. The van der Waals surface area contributed by atoms with Gasteiger partial charge in [-0.25, -0.2) is 4.98 Å². The monoisotopic (exact) mass is 404 g/mol. The van der Waals surface area contributed by atoms with E-state index in [-0.39, 0.29) is 10.9 Å². The third kappa shape index (κ3) is 5.16. The third-order valence-corrected chi connectivity index (χ3v) is 5.86. The molecule has 0 atom stereocenters. The lowest BCUT2D eigenvalue weighted by molar-refractivity contribution is -0.380. The molecule has 9 nitrogen and oxygen atoms in total. The number of rotatable bonds is 7. The molecule has 1 aliphatic carbocycles. The zero-order valence-corrected chi connectivity index (χ0v) is 16.7. The predicted octanol–water partition coefficient (Wildman–Crippen LogP) is 2.91. The standard InChI is InChI=1S/C18H24N6O3S/c1-23(2)15-9-10-19-18(22-15)21-13-5-3-12(4-6-13)11-20-17(25)14-7-8-16(28-14)24(26)27/h7-10,12-13H,3-6,11H2,1-2H3,(H,20,25)(H,19,21,22)/t12-,13+. The van der Waals surface area contributed by atoms with Crippen LogP contribution in [0.4, 0.5) is 16.8 Å². The Bertz CT molecular complexity index is 832. The summed E-state index contributed by atoms with van der Waals surface area (Å²) >= 11 is 0.902. The number of hydrogen-bond acceptors (Lipinski definition) is 8. The van der Waals surface area contributed by atoms with E-state index in [4.69, 9.17) is 0 Å². The van der Waals surface area contributed by atoms with Crippen molar-refractivity contribution in [1.82, 2.24) is 15.3 Å². The Balaban J connectivity index is 1.43. The molecule has 0 aliphatic heterocycles. The van der Waals surface area contributed by atoms with Crippen molar-refractivity contribution >= 4 is 34.0 Å². The second-order valence-electron chi connectivity index (χ2n) is 7.10. The number of carbonyl (C=O) groups excluding carboxylic acids is 1. The van der Waals surface area contributed by atoms with Gasteiger partial charge in [0, 0.05) is 38.9 Å². The average molecular weight is 404 g/mol. The number of anilines is 2. The molecule has 150 valence electrons. The van der Waals surface area contributed by atoms with Gasteiger partial charge in [-0.3, -0.25) is 14.9 Å². The van der Waals surface area contributed by atoms with Crippen LogP contribution in [0.2, 0.25) is 0 Å². The molecule has 2 aromatic rings. The molecular weight excluding hydrogens is 380 g/mol. The lowest BCUT2D eigenvalue weighted by Crippen LogP contribution is -2.34. The van der Waals surface area contributed by atoms with Gasteiger partial charge in [-0.1, -0.05) is 11.3 Å². The Morgan fingerprint density at radius 2 is 2.04 bits per heavy atom. The van der Waals surface area contributed by atoms with Crippen molar-refractivity contribution in [2.75, 3.05) is 30.9 Å². The molecule has 1 saturated carbocycles. The highest BCUT2D eigenvalue weighted by atomic mass is 32.1. The van der Waals surface area contributed by atoms with E-state index in [2.05, 4.69) is 20.6 Å². The maximum atomic E-state index is 12.2. The van der Waals surface area contributed by atoms with Gasteiger partial charge in [0.05, 0.1) is 9.80 Å². The van der Waals surface area contributed by atoms with Crippen LogP contribution < -0.4 is 15.5 Å². The molecule has 2 N–H and O–H groups in total. The second kappa shape index (κ2) is 8.96. The molecule has 1 amide bonds. The minimum atomic E-state index is -0.479. The Labute approximate surface area is 167 Å². The van der Waals surface area contributed by atoms with Crippen LogP contribution in [0.15, 0.2) is 24.4 Å². The lowest BCUT2D eigenvalue weighted by Gasteiger charge is -2.29. The first-order valence-electron chi connectivity index (χ1n) is 9.21. The first-order valence-corrected chi connectivity index (χ1v) is 10.0. The quantitative estimate of drug-likeness (QED) is 0.539. The second-order valence-corrected chi connectivity index (χ2v) is 8.16. The molecule has 0 aromatic carbocycles. The van der Waals surface area contributed by atoms with Crippen LogP contribution in [0, 0.1) is 16.0 Å². The van der Waals surface area contributed by atoms with Crippen molar-refractivity contribution in [2.45, 2.75) is 31.7 Å². The van der Waals surface area contributed by atoms with E-state index in [1.54, 1.807) is 6.20 Å². The summed E-state index contributed by atoms with van der Waals surface area (Å²) in [5.41, 5.74) is 0. The number of aromatic nitrogens is 2. The van der Waals surface area contributed by atoms with E-state index in [0.29, 0.717) is 29.3 Å². The van der Waals surface area contributed by atoms with E-state index in [0.717, 1.165) is 42.8 Å². The highest BCUT2D eigenvalue weighted by molar-refractivity contribution is 7.17. The fourth-order valence-electron chi connectivity index (χ4n) is 3.23. The summed E-state index contributed by atoms with van der Waals surface area (Å²) in [5, 5.41) is 17.0. The lowest BCUT2D eigenvalue weighted by atomic mass is 9.86. The van der Waals surface area contributed by atoms with Crippen molar-refractivity contribution in [3.63, 3.8) is 0 Å². The highest BCUT2D eigenvalue weighted by Gasteiger charge is 2.23. The Morgan fingerprint density at radius 3 is 2.68 bits per heavy atom. The number of nitrogens with zero attached hydrogens (tertiary/aromatic N) is 4. The molecule has 2 heterocycles. The van der Waals surface area contributed by atoms with Crippen molar-refractivity contribution in [3.8, 4) is 0 Å². The molecule has 3 rings (SSSR count). The van der Waals surface area contributed by atoms with Gasteiger partial charge in [-0.2, -0.15) is 4.98 Å². The highest BCUT2D eigenvalue weighted by Crippen LogP contribution is 2.27. The minimum absolute atomic E-state index is 0.0164. The van der Waals surface area contributed by atoms with Gasteiger partial charge in [0.2, 0.25) is 5.95 Å². The molecule has 0 spiro atoms. The van der Waals surface area contributed by atoms with E-state index in [1.165, 1.54) is 12.1 Å². The van der Waals surface area contributed by atoms with Gasteiger partial charge in [-0.05, 0) is 43.7 Å². The number of thiophene rings is 1. The minimum Gasteiger partial charge on any atom is -0.363 e.